The van der Waals surface area contributed by atoms with E-state index in [2.05, 4.69) is 18.2 Å². The highest BCUT2D eigenvalue weighted by Crippen LogP contribution is 2.20. The zero-order chi connectivity index (χ0) is 18.5. The van der Waals surface area contributed by atoms with Crippen molar-refractivity contribution < 1.29 is 0 Å². The van der Waals surface area contributed by atoms with Gasteiger partial charge in [0.15, 0.2) is 0 Å². The van der Waals surface area contributed by atoms with Crippen LogP contribution >= 0.6 is 36.7 Å². The van der Waals surface area contributed by atoms with Crippen molar-refractivity contribution in [2.45, 2.75) is 0 Å². The lowest BCUT2D eigenvalue weighted by Gasteiger charge is -2.49. The first-order valence-corrected chi connectivity index (χ1v) is 9.00. The molecule has 7 nitrogen and oxygen atoms in total. The molecule has 3 heterocycles. The summed E-state index contributed by atoms with van der Waals surface area (Å²) in [5, 5.41) is 0. The maximum atomic E-state index is 5.70. The van der Waals surface area contributed by atoms with Gasteiger partial charge in [-0.25, -0.2) is 0 Å². The Labute approximate surface area is 162 Å². The number of hydrogen-bond donors (Lipinski definition) is 0. The minimum atomic E-state index is -1.77. The van der Waals surface area contributed by atoms with Crippen LogP contribution in [0.25, 0.3) is 0 Å². The second-order valence-electron chi connectivity index (χ2n) is 6.45. The lowest BCUT2D eigenvalue weighted by atomic mass is 9.71. The second kappa shape index (κ2) is 6.24. The van der Waals surface area contributed by atoms with E-state index in [9.17, 15) is 0 Å². The highest BCUT2D eigenvalue weighted by Gasteiger charge is 2.37. The van der Waals surface area contributed by atoms with Gasteiger partial charge in [0.2, 0.25) is 0 Å². The molecule has 0 fully saturated rings. The molecule has 0 N–H and O–H groups in total. The van der Waals surface area contributed by atoms with Crippen LogP contribution in [0.2, 0.25) is 0 Å². The average Bonchev–Trinajstić information content (AvgIpc) is 3.18. The lowest BCUT2D eigenvalue weighted by molar-refractivity contribution is 0.537. The molecule has 11 heteroatoms. The van der Waals surface area contributed by atoms with Crippen molar-refractivity contribution in [2.75, 3.05) is 14.1 Å². The summed E-state index contributed by atoms with van der Waals surface area (Å²) in [6, 6.07) is 0. The predicted molar refractivity (Wildman–Crippen MR) is 108 cm³/mol. The van der Waals surface area contributed by atoms with E-state index in [4.69, 9.17) is 36.7 Å². The Hall–Kier alpha value is -1.69. The summed E-state index contributed by atoms with van der Waals surface area (Å²) in [7, 11) is 9.83. The number of imidazole rings is 3. The number of rotatable bonds is 4. The van der Waals surface area contributed by atoms with Crippen LogP contribution in [0, 0.1) is 14.3 Å². The molecule has 0 aliphatic heterocycles. The van der Waals surface area contributed by atoms with Gasteiger partial charge < -0.3 is 31.9 Å². The normalized spacial score (nSPS) is 12.2. The zero-order valence-corrected chi connectivity index (χ0v) is 17.3. The van der Waals surface area contributed by atoms with Crippen molar-refractivity contribution in [1.82, 2.24) is 31.9 Å². The van der Waals surface area contributed by atoms with Crippen LogP contribution in [0.1, 0.15) is 0 Å². The first-order chi connectivity index (χ1) is 11.7. The van der Waals surface area contributed by atoms with Gasteiger partial charge in [0, 0.05) is 39.7 Å². The van der Waals surface area contributed by atoms with Crippen LogP contribution in [-0.4, -0.2) is 52.7 Å². The summed E-state index contributed by atoms with van der Waals surface area (Å²) >= 11 is 17.1. The topological polar surface area (TPSA) is 32.8 Å². The summed E-state index contributed by atoms with van der Waals surface area (Å²) < 4.78 is 14.0. The molecular weight excluding hydrogens is 373 g/mol. The Morgan fingerprint density at radius 2 is 0.920 bits per heavy atom. The van der Waals surface area contributed by atoms with Crippen molar-refractivity contribution in [1.29, 1.82) is 0 Å². The standard InChI is InChI=1S/C14H21BN7S3/c1-16(2)15(20-9-6-17(3)12(20)23,21-10-7-18(4)13(21)24)22-11-8-19(5)14(22)25/h6-11H,1-5H3/q-1. The van der Waals surface area contributed by atoms with Crippen molar-refractivity contribution in [3.63, 3.8) is 0 Å². The van der Waals surface area contributed by atoms with Crippen molar-refractivity contribution in [3.05, 3.63) is 51.5 Å². The molecule has 3 aromatic rings. The monoisotopic (exact) mass is 394 g/mol. The van der Waals surface area contributed by atoms with Crippen LogP contribution in [0.3, 0.4) is 0 Å². The molecule has 0 radical (unpaired) electrons. The molecule has 0 aromatic carbocycles. The third-order valence-electron chi connectivity index (χ3n) is 4.73. The SMILES string of the molecule is CN(C)[B-](n1ccn(C)c1=S)(n1ccn(C)c1=S)n1ccn(C)c1=S. The van der Waals surface area contributed by atoms with Gasteiger partial charge >= 0.3 is 6.69 Å². The highest BCUT2D eigenvalue weighted by molar-refractivity contribution is 7.71. The summed E-state index contributed by atoms with van der Waals surface area (Å²) in [6.45, 7) is -1.77. The fourth-order valence-corrected chi connectivity index (χ4v) is 4.17. The van der Waals surface area contributed by atoms with Crippen molar-refractivity contribution in [3.8, 4) is 0 Å². The molecule has 0 aliphatic carbocycles. The van der Waals surface area contributed by atoms with Gasteiger partial charge in [-0.05, 0) is 69.3 Å². The molecule has 0 aliphatic rings. The number of hydrogen-bond acceptors (Lipinski definition) is 4. The summed E-state index contributed by atoms with van der Waals surface area (Å²) in [5.74, 6) is 0. The van der Waals surface area contributed by atoms with Crippen molar-refractivity contribution in [2.24, 2.45) is 21.1 Å². The van der Waals surface area contributed by atoms with E-state index in [-0.39, 0.29) is 0 Å². The third-order valence-corrected chi connectivity index (χ3v) is 6.23. The molecule has 0 bridgehead atoms. The van der Waals surface area contributed by atoms with Gasteiger partial charge in [-0.1, -0.05) is 0 Å². The smallest absolute Gasteiger partial charge is 0.375 e. The number of aromatic nitrogens is 6. The minimum absolute atomic E-state index is 0.685. The van der Waals surface area contributed by atoms with E-state index in [1.165, 1.54) is 0 Å². The Kier molecular flexibility index (Phi) is 4.52. The van der Waals surface area contributed by atoms with E-state index in [1.807, 2.05) is 86.1 Å². The predicted octanol–water partition coefficient (Wildman–Crippen LogP) is 2.24. The van der Waals surface area contributed by atoms with Crippen LogP contribution in [0.4, 0.5) is 0 Å². The first-order valence-electron chi connectivity index (χ1n) is 7.77. The molecule has 3 aromatic heterocycles. The highest BCUT2D eigenvalue weighted by atomic mass is 32.1. The van der Waals surface area contributed by atoms with Crippen LogP contribution in [-0.2, 0) is 21.1 Å². The van der Waals surface area contributed by atoms with Crippen LogP contribution in [0.15, 0.2) is 37.2 Å². The minimum Gasteiger partial charge on any atom is -0.446 e. The Morgan fingerprint density at radius 1 is 0.640 bits per heavy atom. The van der Waals surface area contributed by atoms with E-state index in [1.54, 1.807) is 0 Å². The third kappa shape index (κ3) is 2.45. The quantitative estimate of drug-likeness (QED) is 0.502. The summed E-state index contributed by atoms with van der Waals surface area (Å²) in [6.07, 6.45) is 11.8. The number of nitrogens with zero attached hydrogens (tertiary/aromatic N) is 7. The molecule has 0 unspecified atom stereocenters. The summed E-state index contributed by atoms with van der Waals surface area (Å²) in [5.41, 5.74) is 0. The van der Waals surface area contributed by atoms with E-state index < -0.39 is 6.69 Å². The molecule has 0 amide bonds. The Morgan fingerprint density at radius 3 is 1.08 bits per heavy atom. The molecule has 25 heavy (non-hydrogen) atoms. The van der Waals surface area contributed by atoms with Gasteiger partial charge in [-0.3, -0.25) is 0 Å². The Bertz CT molecular complexity index is 959. The van der Waals surface area contributed by atoms with E-state index >= 15 is 0 Å². The molecular formula is C14H21BN7S3-. The zero-order valence-electron chi connectivity index (χ0n) is 14.9. The summed E-state index contributed by atoms with van der Waals surface area (Å²) in [4.78, 5) is 2.11. The van der Waals surface area contributed by atoms with Gasteiger partial charge in [0.05, 0.1) is 0 Å². The fourth-order valence-electron chi connectivity index (χ4n) is 3.38. The molecule has 0 saturated heterocycles. The maximum Gasteiger partial charge on any atom is 0.375 e. The molecule has 0 spiro atoms. The van der Waals surface area contributed by atoms with Crippen LogP contribution < -0.4 is 0 Å². The van der Waals surface area contributed by atoms with E-state index in [0.717, 1.165) is 0 Å². The number of aryl methyl sites for hydroxylation is 3. The fraction of sp³-hybridized carbons (Fsp3) is 0.357. The van der Waals surface area contributed by atoms with Gasteiger partial charge in [0.25, 0.3) is 0 Å². The largest absolute Gasteiger partial charge is 0.446 e. The van der Waals surface area contributed by atoms with Crippen LogP contribution in [0.5, 0.6) is 0 Å². The van der Waals surface area contributed by atoms with Crippen molar-refractivity contribution >= 4 is 43.3 Å². The molecule has 0 atom stereocenters. The molecule has 3 rings (SSSR count). The molecule has 0 saturated carbocycles. The second-order valence-corrected chi connectivity index (χ2v) is 7.55. The van der Waals surface area contributed by atoms with Gasteiger partial charge in [-0.15, -0.1) is 0 Å². The average molecular weight is 394 g/mol. The maximum absolute atomic E-state index is 5.70. The van der Waals surface area contributed by atoms with Gasteiger partial charge in [-0.2, -0.15) is 0 Å². The van der Waals surface area contributed by atoms with E-state index in [0.29, 0.717) is 14.3 Å². The molecule has 134 valence electrons. The first kappa shape index (κ1) is 18.1. The Balaban J connectivity index is 2.55. The lowest BCUT2D eigenvalue weighted by Crippen LogP contribution is -2.68. The van der Waals surface area contributed by atoms with Gasteiger partial charge in [0.1, 0.15) is 14.3 Å².